The topological polar surface area (TPSA) is 51.0 Å². The molecule has 3 aromatic carbocycles. The van der Waals surface area contributed by atoms with Crippen molar-refractivity contribution in [2.75, 3.05) is 6.54 Å². The van der Waals surface area contributed by atoms with Crippen LogP contribution in [0.1, 0.15) is 24.0 Å². The molecule has 0 aliphatic rings. The van der Waals surface area contributed by atoms with E-state index >= 15 is 0 Å². The zero-order valence-corrected chi connectivity index (χ0v) is 17.9. The summed E-state index contributed by atoms with van der Waals surface area (Å²) in [6.07, 6.45) is -2.48. The molecule has 4 aromatic rings. The van der Waals surface area contributed by atoms with E-state index in [-0.39, 0.29) is 10.5 Å². The number of H-pyrrole nitrogens is 1. The largest absolute Gasteiger partial charge is 0.457 e. The number of halogens is 4. The van der Waals surface area contributed by atoms with E-state index in [2.05, 4.69) is 4.98 Å². The maximum Gasteiger partial charge on any atom is 0.418 e. The van der Waals surface area contributed by atoms with E-state index < -0.39 is 11.7 Å². The fourth-order valence-electron chi connectivity index (χ4n) is 3.85. The molecule has 1 aromatic heterocycles. The number of rotatable bonds is 7. The van der Waals surface area contributed by atoms with Crippen LogP contribution in [0, 0.1) is 0 Å². The van der Waals surface area contributed by atoms with Crippen LogP contribution in [0.25, 0.3) is 22.2 Å². The van der Waals surface area contributed by atoms with Crippen molar-refractivity contribution in [2.24, 2.45) is 5.73 Å². The number of nitrogens with one attached hydrogen (secondary N) is 1. The number of hydrogen-bond donors (Lipinski definition) is 2. The molecule has 32 heavy (non-hydrogen) atoms. The van der Waals surface area contributed by atoms with Crippen LogP contribution < -0.4 is 10.5 Å². The minimum atomic E-state index is -4.54. The molecule has 0 saturated heterocycles. The summed E-state index contributed by atoms with van der Waals surface area (Å²) in [5, 5.41) is 0.510. The van der Waals surface area contributed by atoms with Crippen molar-refractivity contribution in [1.82, 2.24) is 4.98 Å². The Morgan fingerprint density at radius 2 is 1.66 bits per heavy atom. The van der Waals surface area contributed by atoms with Gasteiger partial charge in [0, 0.05) is 16.0 Å². The van der Waals surface area contributed by atoms with E-state index in [1.807, 2.05) is 48.5 Å². The summed E-state index contributed by atoms with van der Waals surface area (Å²) < 4.78 is 47.5. The van der Waals surface area contributed by atoms with Gasteiger partial charge in [0.25, 0.3) is 0 Å². The molecule has 0 atom stereocenters. The highest BCUT2D eigenvalue weighted by atomic mass is 35.5. The Bertz CT molecular complexity index is 1220. The van der Waals surface area contributed by atoms with E-state index in [9.17, 15) is 13.2 Å². The zero-order chi connectivity index (χ0) is 22.7. The molecule has 0 amide bonds. The SMILES string of the molecule is NCCCCc1c(-c2ccccc2Oc2ccccc2)[nH]c2c(C(F)(F)F)cc(Cl)cc12. The highest BCUT2D eigenvalue weighted by molar-refractivity contribution is 6.31. The molecular formula is C25H22ClF3N2O. The molecule has 3 nitrogen and oxygen atoms in total. The number of para-hydroxylation sites is 2. The lowest BCUT2D eigenvalue weighted by Gasteiger charge is -2.12. The van der Waals surface area contributed by atoms with Crippen molar-refractivity contribution >= 4 is 22.5 Å². The van der Waals surface area contributed by atoms with Crippen LogP contribution in [0.15, 0.2) is 66.7 Å². The van der Waals surface area contributed by atoms with Gasteiger partial charge < -0.3 is 15.5 Å². The van der Waals surface area contributed by atoms with Crippen molar-refractivity contribution in [2.45, 2.75) is 25.4 Å². The van der Waals surface area contributed by atoms with Crippen molar-refractivity contribution in [3.8, 4) is 22.8 Å². The van der Waals surface area contributed by atoms with E-state index in [1.165, 1.54) is 0 Å². The van der Waals surface area contributed by atoms with Gasteiger partial charge in [-0.05, 0) is 67.8 Å². The smallest absolute Gasteiger partial charge is 0.418 e. The fourth-order valence-corrected chi connectivity index (χ4v) is 4.07. The van der Waals surface area contributed by atoms with E-state index in [4.69, 9.17) is 22.1 Å². The Morgan fingerprint density at radius 3 is 2.38 bits per heavy atom. The first kappa shape index (κ1) is 22.2. The average Bonchev–Trinajstić information content (AvgIpc) is 3.12. The summed E-state index contributed by atoms with van der Waals surface area (Å²) >= 11 is 6.10. The van der Waals surface area contributed by atoms with Gasteiger partial charge in [-0.2, -0.15) is 13.2 Å². The van der Waals surface area contributed by atoms with Gasteiger partial charge in [-0.3, -0.25) is 0 Å². The van der Waals surface area contributed by atoms with Gasteiger partial charge in [-0.1, -0.05) is 41.9 Å². The van der Waals surface area contributed by atoms with Crippen molar-refractivity contribution in [3.05, 3.63) is 82.9 Å². The summed E-state index contributed by atoms with van der Waals surface area (Å²) in [7, 11) is 0. The molecule has 0 aliphatic heterocycles. The Kier molecular flexibility index (Phi) is 6.44. The van der Waals surface area contributed by atoms with Crippen molar-refractivity contribution < 1.29 is 17.9 Å². The van der Waals surface area contributed by atoms with Crippen LogP contribution in [-0.2, 0) is 12.6 Å². The second-order valence-corrected chi connectivity index (χ2v) is 7.95. The number of aromatic nitrogens is 1. The molecule has 0 fully saturated rings. The van der Waals surface area contributed by atoms with E-state index in [0.29, 0.717) is 41.1 Å². The molecule has 0 aliphatic carbocycles. The Hall–Kier alpha value is -2.96. The average molecular weight is 459 g/mol. The van der Waals surface area contributed by atoms with Crippen LogP contribution >= 0.6 is 11.6 Å². The maximum absolute atomic E-state index is 13.8. The van der Waals surface area contributed by atoms with Gasteiger partial charge in [-0.25, -0.2) is 0 Å². The lowest BCUT2D eigenvalue weighted by atomic mass is 9.99. The predicted molar refractivity (Wildman–Crippen MR) is 122 cm³/mol. The molecule has 1 heterocycles. The molecular weight excluding hydrogens is 437 g/mol. The number of benzene rings is 3. The van der Waals surface area contributed by atoms with Crippen LogP contribution in [-0.4, -0.2) is 11.5 Å². The monoisotopic (exact) mass is 458 g/mol. The molecule has 3 N–H and O–H groups in total. The third-order valence-electron chi connectivity index (χ3n) is 5.29. The molecule has 0 unspecified atom stereocenters. The first-order valence-corrected chi connectivity index (χ1v) is 10.7. The maximum atomic E-state index is 13.8. The number of alkyl halides is 3. The number of aryl methyl sites for hydroxylation is 1. The summed E-state index contributed by atoms with van der Waals surface area (Å²) in [6.45, 7) is 0.514. The second kappa shape index (κ2) is 9.27. The Morgan fingerprint density at radius 1 is 0.938 bits per heavy atom. The quantitative estimate of drug-likeness (QED) is 0.280. The third kappa shape index (κ3) is 4.61. The van der Waals surface area contributed by atoms with Crippen LogP contribution in [0.2, 0.25) is 5.02 Å². The summed E-state index contributed by atoms with van der Waals surface area (Å²) in [6, 6.07) is 19.1. The van der Waals surface area contributed by atoms with Gasteiger partial charge in [-0.15, -0.1) is 0 Å². The number of hydrogen-bond acceptors (Lipinski definition) is 2. The van der Waals surface area contributed by atoms with Crippen molar-refractivity contribution in [1.29, 1.82) is 0 Å². The Balaban J connectivity index is 1.91. The predicted octanol–water partition coefficient (Wildman–Crippen LogP) is 7.58. The standard InChI is InChI=1S/C25H22ClF3N2O/c26-16-14-20-18(10-6-7-13-30)23(31-24(20)21(15-16)25(27,28)29)19-11-4-5-12-22(19)32-17-8-2-1-3-9-17/h1-5,8-9,11-12,14-15,31H,6-7,10,13,30H2. The molecule has 4 rings (SSSR count). The number of fused-ring (bicyclic) bond motifs is 1. The first-order chi connectivity index (χ1) is 15.4. The third-order valence-corrected chi connectivity index (χ3v) is 5.51. The summed E-state index contributed by atoms with van der Waals surface area (Å²) in [5.74, 6) is 1.18. The van der Waals surface area contributed by atoms with Crippen LogP contribution in [0.5, 0.6) is 11.5 Å². The number of unbranched alkanes of at least 4 members (excludes halogenated alkanes) is 1. The highest BCUT2D eigenvalue weighted by Gasteiger charge is 2.35. The van der Waals surface area contributed by atoms with Crippen LogP contribution in [0.4, 0.5) is 13.2 Å². The normalized spacial score (nSPS) is 11.8. The molecule has 166 valence electrons. The molecule has 0 saturated carbocycles. The number of nitrogens with two attached hydrogens (primary N) is 1. The lowest BCUT2D eigenvalue weighted by Crippen LogP contribution is -2.05. The van der Waals surface area contributed by atoms with Gasteiger partial charge in [0.2, 0.25) is 0 Å². The lowest BCUT2D eigenvalue weighted by molar-refractivity contribution is -0.136. The van der Waals surface area contributed by atoms with Gasteiger partial charge in [0.15, 0.2) is 0 Å². The fraction of sp³-hybridized carbons (Fsp3) is 0.200. The highest BCUT2D eigenvalue weighted by Crippen LogP contribution is 2.43. The molecule has 0 radical (unpaired) electrons. The van der Waals surface area contributed by atoms with Crippen LogP contribution in [0.3, 0.4) is 0 Å². The molecule has 0 bridgehead atoms. The molecule has 7 heteroatoms. The summed E-state index contributed by atoms with van der Waals surface area (Å²) in [4.78, 5) is 3.05. The van der Waals surface area contributed by atoms with Crippen molar-refractivity contribution in [3.63, 3.8) is 0 Å². The molecule has 0 spiro atoms. The first-order valence-electron chi connectivity index (χ1n) is 10.3. The summed E-state index contributed by atoms with van der Waals surface area (Å²) in [5.41, 5.74) is 6.93. The van der Waals surface area contributed by atoms with E-state index in [1.54, 1.807) is 12.1 Å². The number of aromatic amines is 1. The van der Waals surface area contributed by atoms with Gasteiger partial charge in [0.05, 0.1) is 16.8 Å². The minimum absolute atomic E-state index is 0.0224. The second-order valence-electron chi connectivity index (χ2n) is 7.51. The Labute approximate surface area is 189 Å². The van der Waals surface area contributed by atoms with Gasteiger partial charge >= 0.3 is 6.18 Å². The number of ether oxygens (including phenoxy) is 1. The van der Waals surface area contributed by atoms with Gasteiger partial charge in [0.1, 0.15) is 11.5 Å². The zero-order valence-electron chi connectivity index (χ0n) is 17.2. The minimum Gasteiger partial charge on any atom is -0.457 e. The van der Waals surface area contributed by atoms with E-state index in [0.717, 1.165) is 24.5 Å².